The van der Waals surface area contributed by atoms with Crippen LogP contribution in [-0.2, 0) is 4.79 Å². The summed E-state index contributed by atoms with van der Waals surface area (Å²) in [5, 5.41) is 6.14. The molecule has 2 aliphatic rings. The van der Waals surface area contributed by atoms with Crippen molar-refractivity contribution < 1.29 is 4.79 Å². The molecule has 5 rings (SSSR count). The number of carbonyl (C=O) groups excluding carboxylic acids is 1. The summed E-state index contributed by atoms with van der Waals surface area (Å²) >= 11 is 1.67. The van der Waals surface area contributed by atoms with Crippen molar-refractivity contribution in [3.8, 4) is 11.1 Å². The van der Waals surface area contributed by atoms with Crippen LogP contribution in [0.5, 0.6) is 0 Å². The molecule has 6 heteroatoms. The molecule has 25 heavy (non-hydrogen) atoms. The van der Waals surface area contributed by atoms with Crippen molar-refractivity contribution in [1.82, 2.24) is 15.3 Å². The quantitative estimate of drug-likeness (QED) is 0.788. The Morgan fingerprint density at radius 2 is 2.00 bits per heavy atom. The molecule has 2 aromatic heterocycles. The number of piperazine rings is 1. The van der Waals surface area contributed by atoms with Gasteiger partial charge in [-0.3, -0.25) is 4.79 Å². The van der Waals surface area contributed by atoms with Crippen LogP contribution < -0.4 is 10.2 Å². The van der Waals surface area contributed by atoms with E-state index >= 15 is 0 Å². The molecule has 3 aromatic rings. The van der Waals surface area contributed by atoms with Gasteiger partial charge in [0.25, 0.3) is 0 Å². The summed E-state index contributed by atoms with van der Waals surface area (Å²) in [5.74, 6) is 2.41. The molecule has 5 nitrogen and oxygen atoms in total. The maximum atomic E-state index is 11.9. The highest BCUT2D eigenvalue weighted by Crippen LogP contribution is 2.43. The molecule has 1 saturated carbocycles. The Balaban J connectivity index is 1.71. The number of nitrogens with one attached hydrogen (secondary N) is 1. The maximum absolute atomic E-state index is 11.9. The monoisotopic (exact) mass is 350 g/mol. The molecule has 1 amide bonds. The Hall–Kier alpha value is -2.47. The number of carbonyl (C=O) groups is 1. The van der Waals surface area contributed by atoms with Crippen molar-refractivity contribution in [2.45, 2.75) is 18.8 Å². The van der Waals surface area contributed by atoms with Gasteiger partial charge in [-0.05, 0) is 18.4 Å². The highest BCUT2D eigenvalue weighted by molar-refractivity contribution is 7.17. The Kier molecular flexibility index (Phi) is 3.45. The smallest absolute Gasteiger partial charge is 0.239 e. The molecule has 0 spiro atoms. The SMILES string of the molecule is O=C1CN(c2nc(C3CC3)nc3scc(-c4ccccc4)c23)CCN1. The third-order valence-corrected chi connectivity index (χ3v) is 5.67. The minimum absolute atomic E-state index is 0.0578. The van der Waals surface area contributed by atoms with E-state index in [4.69, 9.17) is 9.97 Å². The van der Waals surface area contributed by atoms with Crippen LogP contribution >= 0.6 is 11.3 Å². The highest BCUT2D eigenvalue weighted by Gasteiger charge is 2.30. The molecule has 126 valence electrons. The second-order valence-corrected chi connectivity index (χ2v) is 7.50. The normalized spacial score (nSPS) is 17.8. The first-order valence-corrected chi connectivity index (χ1v) is 9.54. The van der Waals surface area contributed by atoms with Crippen LogP contribution in [0, 0.1) is 0 Å². The van der Waals surface area contributed by atoms with Crippen molar-refractivity contribution in [1.29, 1.82) is 0 Å². The lowest BCUT2D eigenvalue weighted by atomic mass is 10.1. The van der Waals surface area contributed by atoms with Gasteiger partial charge in [-0.1, -0.05) is 30.3 Å². The van der Waals surface area contributed by atoms with Crippen molar-refractivity contribution in [3.63, 3.8) is 0 Å². The fourth-order valence-electron chi connectivity index (χ4n) is 3.34. The summed E-state index contributed by atoms with van der Waals surface area (Å²) < 4.78 is 0. The summed E-state index contributed by atoms with van der Waals surface area (Å²) in [6, 6.07) is 10.3. The molecule has 0 unspecified atom stereocenters. The first-order chi connectivity index (χ1) is 12.3. The molecule has 1 aromatic carbocycles. The van der Waals surface area contributed by atoms with Gasteiger partial charge in [-0.2, -0.15) is 0 Å². The van der Waals surface area contributed by atoms with Gasteiger partial charge in [0.15, 0.2) is 0 Å². The van der Waals surface area contributed by atoms with Crippen LogP contribution in [0.3, 0.4) is 0 Å². The summed E-state index contributed by atoms with van der Waals surface area (Å²) in [4.78, 5) is 24.8. The average molecular weight is 350 g/mol. The van der Waals surface area contributed by atoms with E-state index in [2.05, 4.69) is 27.7 Å². The van der Waals surface area contributed by atoms with Gasteiger partial charge in [0.2, 0.25) is 5.91 Å². The third-order valence-electron chi connectivity index (χ3n) is 4.80. The summed E-state index contributed by atoms with van der Waals surface area (Å²) in [6.45, 7) is 1.81. The van der Waals surface area contributed by atoms with Crippen molar-refractivity contribution in [3.05, 3.63) is 41.5 Å². The van der Waals surface area contributed by atoms with Gasteiger partial charge in [0, 0.05) is 30.0 Å². The number of fused-ring (bicyclic) bond motifs is 1. The van der Waals surface area contributed by atoms with Crippen molar-refractivity contribution in [2.24, 2.45) is 0 Å². The van der Waals surface area contributed by atoms with Crippen molar-refractivity contribution in [2.75, 3.05) is 24.5 Å². The van der Waals surface area contributed by atoms with Crippen LogP contribution in [0.25, 0.3) is 21.3 Å². The number of aromatic nitrogens is 2. The summed E-state index contributed by atoms with van der Waals surface area (Å²) in [5.41, 5.74) is 2.32. The minimum atomic E-state index is 0.0578. The van der Waals surface area contributed by atoms with Gasteiger partial charge < -0.3 is 10.2 Å². The Bertz CT molecular complexity index is 949. The molecular weight excluding hydrogens is 332 g/mol. The molecule has 3 heterocycles. The number of benzene rings is 1. The lowest BCUT2D eigenvalue weighted by Gasteiger charge is -2.28. The van der Waals surface area contributed by atoms with Gasteiger partial charge in [-0.15, -0.1) is 11.3 Å². The first-order valence-electron chi connectivity index (χ1n) is 8.66. The number of hydrogen-bond acceptors (Lipinski definition) is 5. The van der Waals surface area contributed by atoms with E-state index in [0.29, 0.717) is 19.0 Å². The van der Waals surface area contributed by atoms with Crippen molar-refractivity contribution >= 4 is 33.3 Å². The van der Waals surface area contributed by atoms with Crippen LogP contribution in [0.4, 0.5) is 5.82 Å². The van der Waals surface area contributed by atoms with Crippen LogP contribution in [-0.4, -0.2) is 35.5 Å². The minimum Gasteiger partial charge on any atom is -0.353 e. The van der Waals surface area contributed by atoms with E-state index in [9.17, 15) is 4.79 Å². The molecule has 1 saturated heterocycles. The van der Waals surface area contributed by atoms with E-state index in [1.807, 2.05) is 18.2 Å². The van der Waals surface area contributed by atoms with E-state index in [1.165, 1.54) is 18.4 Å². The number of rotatable bonds is 3. The third kappa shape index (κ3) is 2.66. The van der Waals surface area contributed by atoms with Crippen LogP contribution in [0.2, 0.25) is 0 Å². The van der Waals surface area contributed by atoms with Gasteiger partial charge in [-0.25, -0.2) is 9.97 Å². The zero-order valence-electron chi connectivity index (χ0n) is 13.7. The van der Waals surface area contributed by atoms with Gasteiger partial charge in [0.1, 0.15) is 16.5 Å². The highest BCUT2D eigenvalue weighted by atomic mass is 32.1. The number of nitrogens with zero attached hydrogens (tertiary/aromatic N) is 3. The molecule has 1 aliphatic heterocycles. The van der Waals surface area contributed by atoms with Gasteiger partial charge in [0.05, 0.1) is 11.9 Å². The topological polar surface area (TPSA) is 58.1 Å². The average Bonchev–Trinajstić information content (AvgIpc) is 3.41. The van der Waals surface area contributed by atoms with E-state index in [0.717, 1.165) is 34.0 Å². The first kappa shape index (κ1) is 14.8. The molecule has 0 bridgehead atoms. The molecular formula is C19H18N4OS. The number of amides is 1. The lowest BCUT2D eigenvalue weighted by Crippen LogP contribution is -2.48. The Morgan fingerprint density at radius 1 is 1.16 bits per heavy atom. The van der Waals surface area contributed by atoms with E-state index < -0.39 is 0 Å². The number of hydrogen-bond donors (Lipinski definition) is 1. The molecule has 0 radical (unpaired) electrons. The van der Waals surface area contributed by atoms with Crippen LogP contribution in [0.1, 0.15) is 24.6 Å². The maximum Gasteiger partial charge on any atom is 0.239 e. The fourth-order valence-corrected chi connectivity index (χ4v) is 4.29. The lowest BCUT2D eigenvalue weighted by molar-refractivity contribution is -0.120. The molecule has 2 fully saturated rings. The van der Waals surface area contributed by atoms with E-state index in [1.54, 1.807) is 11.3 Å². The second kappa shape index (κ2) is 5.81. The largest absolute Gasteiger partial charge is 0.353 e. The fraction of sp³-hybridized carbons (Fsp3) is 0.316. The standard InChI is InChI=1S/C19H18N4OS/c24-15-10-23(9-8-20-15)18-16-14(12-4-2-1-3-5-12)11-25-19(16)22-17(21-18)13-6-7-13/h1-5,11,13H,6-10H2,(H,20,24). The molecule has 1 N–H and O–H groups in total. The zero-order valence-corrected chi connectivity index (χ0v) is 14.6. The number of thiophene rings is 1. The molecule has 1 aliphatic carbocycles. The second-order valence-electron chi connectivity index (χ2n) is 6.65. The molecule has 0 atom stereocenters. The number of anilines is 1. The Labute approximate surface area is 149 Å². The summed E-state index contributed by atoms with van der Waals surface area (Å²) in [7, 11) is 0. The van der Waals surface area contributed by atoms with Crippen LogP contribution in [0.15, 0.2) is 35.7 Å². The van der Waals surface area contributed by atoms with Gasteiger partial charge >= 0.3 is 0 Å². The summed E-state index contributed by atoms with van der Waals surface area (Å²) in [6.07, 6.45) is 2.34. The zero-order chi connectivity index (χ0) is 16.8. The predicted molar refractivity (Wildman–Crippen MR) is 100 cm³/mol. The predicted octanol–water partition coefficient (Wildman–Crippen LogP) is 3.17. The Morgan fingerprint density at radius 3 is 2.76 bits per heavy atom. The van der Waals surface area contributed by atoms with E-state index in [-0.39, 0.29) is 5.91 Å².